The van der Waals surface area contributed by atoms with E-state index in [9.17, 15) is 0 Å². The predicted molar refractivity (Wildman–Crippen MR) is 105 cm³/mol. The molecule has 0 spiro atoms. The largest absolute Gasteiger partial charge is 0.337 e. The highest BCUT2D eigenvalue weighted by atomic mass is 15.5. The van der Waals surface area contributed by atoms with E-state index < -0.39 is 0 Å². The SMILES string of the molecule is Cn1cc(-c2cnc3c(Nc4ccc(N5CCC=N5)cc4)nccn23)cn1. The predicted octanol–water partition coefficient (Wildman–Crippen LogP) is 3.07. The summed E-state index contributed by atoms with van der Waals surface area (Å²) >= 11 is 0. The van der Waals surface area contributed by atoms with Crippen molar-refractivity contribution in [3.63, 3.8) is 0 Å². The average molecular weight is 358 g/mol. The highest BCUT2D eigenvalue weighted by Gasteiger charge is 2.12. The Morgan fingerprint density at radius 2 is 1.96 bits per heavy atom. The molecule has 8 nitrogen and oxygen atoms in total. The van der Waals surface area contributed by atoms with Crippen molar-refractivity contribution in [1.82, 2.24) is 24.1 Å². The number of benzene rings is 1. The van der Waals surface area contributed by atoms with E-state index in [0.717, 1.165) is 41.2 Å². The van der Waals surface area contributed by atoms with E-state index in [2.05, 4.69) is 37.6 Å². The number of aromatic nitrogens is 5. The Morgan fingerprint density at radius 1 is 1.07 bits per heavy atom. The first kappa shape index (κ1) is 15.6. The van der Waals surface area contributed by atoms with E-state index in [0.29, 0.717) is 5.82 Å². The van der Waals surface area contributed by atoms with Crippen LogP contribution in [0.3, 0.4) is 0 Å². The Bertz CT molecular complexity index is 1120. The molecule has 4 heterocycles. The third kappa shape index (κ3) is 2.80. The molecule has 0 unspecified atom stereocenters. The van der Waals surface area contributed by atoms with Gasteiger partial charge in [-0.15, -0.1) is 0 Å². The molecule has 5 rings (SSSR count). The summed E-state index contributed by atoms with van der Waals surface area (Å²) < 4.78 is 3.79. The van der Waals surface area contributed by atoms with E-state index in [4.69, 9.17) is 0 Å². The number of hydrazone groups is 1. The van der Waals surface area contributed by atoms with Crippen LogP contribution in [0.4, 0.5) is 17.2 Å². The molecule has 3 aromatic heterocycles. The Labute approximate surface area is 155 Å². The zero-order valence-corrected chi connectivity index (χ0v) is 14.8. The van der Waals surface area contributed by atoms with Gasteiger partial charge in [0.05, 0.1) is 23.8 Å². The molecule has 0 aliphatic carbocycles. The van der Waals surface area contributed by atoms with Crippen molar-refractivity contribution in [3.8, 4) is 11.3 Å². The molecule has 0 bridgehead atoms. The van der Waals surface area contributed by atoms with Crippen molar-refractivity contribution in [2.45, 2.75) is 6.42 Å². The highest BCUT2D eigenvalue weighted by molar-refractivity contribution is 5.74. The van der Waals surface area contributed by atoms with Crippen LogP contribution < -0.4 is 10.3 Å². The molecule has 1 aliphatic rings. The standard InChI is InChI=1S/C19H18N8/c1-25-13-14(11-23-25)17-12-21-19-18(20-8-10-26(17)19)24-15-3-5-16(6-4-15)27-9-2-7-22-27/h3-8,10-13H,2,9H2,1H3,(H,20,24). The quantitative estimate of drug-likeness (QED) is 0.607. The monoisotopic (exact) mass is 358 g/mol. The number of nitrogens with one attached hydrogen (secondary N) is 1. The number of aryl methyl sites for hydroxylation is 1. The second kappa shape index (κ2) is 6.24. The van der Waals surface area contributed by atoms with E-state index in [1.54, 1.807) is 10.9 Å². The van der Waals surface area contributed by atoms with Crippen LogP contribution in [0.2, 0.25) is 0 Å². The molecule has 27 heavy (non-hydrogen) atoms. The lowest BCUT2D eigenvalue weighted by Crippen LogP contribution is -2.11. The molecular weight excluding hydrogens is 340 g/mol. The first-order valence-electron chi connectivity index (χ1n) is 8.76. The minimum atomic E-state index is 0.708. The van der Waals surface area contributed by atoms with Gasteiger partial charge in [-0.2, -0.15) is 10.2 Å². The van der Waals surface area contributed by atoms with Crippen molar-refractivity contribution >= 4 is 29.1 Å². The third-order valence-electron chi connectivity index (χ3n) is 4.55. The summed E-state index contributed by atoms with van der Waals surface area (Å²) in [6, 6.07) is 8.16. The molecule has 1 aromatic carbocycles. The summed E-state index contributed by atoms with van der Waals surface area (Å²) in [4.78, 5) is 9.02. The zero-order chi connectivity index (χ0) is 18.2. The fourth-order valence-electron chi connectivity index (χ4n) is 3.22. The first-order chi connectivity index (χ1) is 13.3. The topological polar surface area (TPSA) is 75.6 Å². The van der Waals surface area contributed by atoms with Crippen LogP contribution in [0.25, 0.3) is 16.9 Å². The van der Waals surface area contributed by atoms with Gasteiger partial charge in [0.25, 0.3) is 0 Å². The fourth-order valence-corrected chi connectivity index (χ4v) is 3.22. The minimum absolute atomic E-state index is 0.708. The normalized spacial score (nSPS) is 13.6. The third-order valence-corrected chi connectivity index (χ3v) is 4.55. The molecule has 8 heteroatoms. The van der Waals surface area contributed by atoms with Crippen LogP contribution in [-0.2, 0) is 7.05 Å². The fraction of sp³-hybridized carbons (Fsp3) is 0.158. The average Bonchev–Trinajstić information content (AvgIpc) is 3.43. The van der Waals surface area contributed by atoms with Gasteiger partial charge in [0, 0.05) is 56.1 Å². The van der Waals surface area contributed by atoms with E-state index in [-0.39, 0.29) is 0 Å². The smallest absolute Gasteiger partial charge is 0.180 e. The molecule has 134 valence electrons. The summed E-state index contributed by atoms with van der Waals surface area (Å²) in [5, 5.41) is 14.0. The van der Waals surface area contributed by atoms with Crippen LogP contribution >= 0.6 is 0 Å². The number of fused-ring (bicyclic) bond motifs is 1. The Balaban J connectivity index is 1.45. The maximum absolute atomic E-state index is 4.55. The van der Waals surface area contributed by atoms with Crippen molar-refractivity contribution in [3.05, 3.63) is 55.2 Å². The van der Waals surface area contributed by atoms with Gasteiger partial charge in [-0.3, -0.25) is 14.1 Å². The molecule has 1 N–H and O–H groups in total. The summed E-state index contributed by atoms with van der Waals surface area (Å²) in [5.41, 5.74) is 4.79. The van der Waals surface area contributed by atoms with E-state index in [1.165, 1.54) is 0 Å². The Kier molecular flexibility index (Phi) is 3.60. The van der Waals surface area contributed by atoms with Crippen molar-refractivity contribution in [2.75, 3.05) is 16.9 Å². The number of imidazole rings is 1. The highest BCUT2D eigenvalue weighted by Crippen LogP contribution is 2.26. The maximum Gasteiger partial charge on any atom is 0.180 e. The van der Waals surface area contributed by atoms with Crippen molar-refractivity contribution in [1.29, 1.82) is 0 Å². The number of rotatable bonds is 4. The number of hydrogen-bond donors (Lipinski definition) is 1. The minimum Gasteiger partial charge on any atom is -0.337 e. The second-order valence-electron chi connectivity index (χ2n) is 6.40. The van der Waals surface area contributed by atoms with Gasteiger partial charge in [0.15, 0.2) is 11.5 Å². The maximum atomic E-state index is 4.55. The van der Waals surface area contributed by atoms with Crippen molar-refractivity contribution < 1.29 is 0 Å². The Morgan fingerprint density at radius 3 is 2.70 bits per heavy atom. The summed E-state index contributed by atoms with van der Waals surface area (Å²) in [6.07, 6.45) is 12.2. The molecule has 4 aromatic rings. The molecule has 0 fully saturated rings. The van der Waals surface area contributed by atoms with Gasteiger partial charge in [0.2, 0.25) is 0 Å². The van der Waals surface area contributed by atoms with Gasteiger partial charge in [-0.1, -0.05) is 0 Å². The summed E-state index contributed by atoms with van der Waals surface area (Å²) in [6.45, 7) is 0.929. The van der Waals surface area contributed by atoms with Crippen LogP contribution in [0.5, 0.6) is 0 Å². The first-order valence-corrected chi connectivity index (χ1v) is 8.76. The van der Waals surface area contributed by atoms with Crippen molar-refractivity contribution in [2.24, 2.45) is 12.1 Å². The van der Waals surface area contributed by atoms with E-state index >= 15 is 0 Å². The van der Waals surface area contributed by atoms with Crippen LogP contribution in [-0.4, -0.2) is 36.9 Å². The summed E-state index contributed by atoms with van der Waals surface area (Å²) in [7, 11) is 1.90. The molecule has 0 radical (unpaired) electrons. The molecule has 1 aliphatic heterocycles. The van der Waals surface area contributed by atoms with E-state index in [1.807, 2.05) is 59.6 Å². The number of anilines is 3. The number of nitrogens with zero attached hydrogens (tertiary/aromatic N) is 7. The van der Waals surface area contributed by atoms with Crippen LogP contribution in [0.15, 0.2) is 60.4 Å². The lowest BCUT2D eigenvalue weighted by molar-refractivity contribution is 0.768. The van der Waals surface area contributed by atoms with Gasteiger partial charge in [0.1, 0.15) is 0 Å². The van der Waals surface area contributed by atoms with Gasteiger partial charge in [-0.05, 0) is 24.3 Å². The van der Waals surface area contributed by atoms with Gasteiger partial charge in [-0.25, -0.2) is 9.97 Å². The molecule has 0 atom stereocenters. The number of hydrogen-bond acceptors (Lipinski definition) is 6. The second-order valence-corrected chi connectivity index (χ2v) is 6.40. The lowest BCUT2D eigenvalue weighted by atomic mass is 10.2. The van der Waals surface area contributed by atoms with Crippen LogP contribution in [0, 0.1) is 0 Å². The Hall–Kier alpha value is -3.68. The van der Waals surface area contributed by atoms with Crippen LogP contribution in [0.1, 0.15) is 6.42 Å². The zero-order valence-electron chi connectivity index (χ0n) is 14.8. The molecule has 0 saturated carbocycles. The van der Waals surface area contributed by atoms with Gasteiger partial charge >= 0.3 is 0 Å². The molecular formula is C19H18N8. The molecule has 0 amide bonds. The molecule has 0 saturated heterocycles. The van der Waals surface area contributed by atoms with Gasteiger partial charge < -0.3 is 5.32 Å². The summed E-state index contributed by atoms with van der Waals surface area (Å²) in [5.74, 6) is 0.708. The lowest BCUT2D eigenvalue weighted by Gasteiger charge is -2.14.